The summed E-state index contributed by atoms with van der Waals surface area (Å²) in [5.41, 5.74) is 5.74. The maximum absolute atomic E-state index is 12.5. The average molecular weight is 287 g/mol. The quantitative estimate of drug-likeness (QED) is 0.834. The zero-order valence-electron chi connectivity index (χ0n) is 11.9. The maximum Gasteiger partial charge on any atom is 0.226 e. The average Bonchev–Trinajstić information content (AvgIpc) is 2.26. The molecule has 0 aromatic carbocycles. The highest BCUT2D eigenvalue weighted by molar-refractivity contribution is 5.85. The van der Waals surface area contributed by atoms with Gasteiger partial charge in [0, 0.05) is 18.0 Å². The maximum atomic E-state index is 12.5. The number of nitrogens with one attached hydrogen (secondary N) is 1. The minimum atomic E-state index is 0. The second-order valence-corrected chi connectivity index (χ2v) is 7.22. The van der Waals surface area contributed by atoms with Crippen LogP contribution in [0.1, 0.15) is 51.9 Å². The van der Waals surface area contributed by atoms with Gasteiger partial charge in [0.15, 0.2) is 0 Å². The fourth-order valence-electron chi connectivity index (χ4n) is 4.99. The van der Waals surface area contributed by atoms with Crippen molar-refractivity contribution in [2.24, 2.45) is 28.9 Å². The number of amides is 1. The summed E-state index contributed by atoms with van der Waals surface area (Å²) in [5.74, 6) is 2.86. The highest BCUT2D eigenvalue weighted by Gasteiger charge is 2.54. The summed E-state index contributed by atoms with van der Waals surface area (Å²) >= 11 is 0. The number of halogens is 1. The van der Waals surface area contributed by atoms with Crippen molar-refractivity contribution in [3.05, 3.63) is 0 Å². The molecule has 4 aliphatic carbocycles. The minimum Gasteiger partial charge on any atom is -0.356 e. The summed E-state index contributed by atoms with van der Waals surface area (Å²) in [6, 6.07) is 0.182. The first-order valence-corrected chi connectivity index (χ1v) is 7.61. The lowest BCUT2D eigenvalue weighted by molar-refractivity contribution is -0.146. The van der Waals surface area contributed by atoms with Gasteiger partial charge in [-0.1, -0.05) is 0 Å². The number of hydrogen-bond donors (Lipinski definition) is 2. The molecule has 1 atom stereocenters. The van der Waals surface area contributed by atoms with Crippen LogP contribution in [0.2, 0.25) is 0 Å². The van der Waals surface area contributed by atoms with E-state index in [-0.39, 0.29) is 23.9 Å². The van der Waals surface area contributed by atoms with Crippen LogP contribution >= 0.6 is 12.4 Å². The molecule has 1 unspecified atom stereocenters. The van der Waals surface area contributed by atoms with E-state index in [9.17, 15) is 4.79 Å². The zero-order chi connectivity index (χ0) is 12.8. The molecule has 4 bridgehead atoms. The van der Waals surface area contributed by atoms with Crippen LogP contribution in [0.3, 0.4) is 0 Å². The smallest absolute Gasteiger partial charge is 0.226 e. The Balaban J connectivity index is 0.00000133. The molecule has 4 fully saturated rings. The van der Waals surface area contributed by atoms with Gasteiger partial charge in [0.05, 0.1) is 0 Å². The Morgan fingerprint density at radius 2 is 1.68 bits per heavy atom. The summed E-state index contributed by atoms with van der Waals surface area (Å²) in [7, 11) is 0. The van der Waals surface area contributed by atoms with Gasteiger partial charge in [-0.05, 0) is 69.6 Å². The van der Waals surface area contributed by atoms with Gasteiger partial charge in [0.1, 0.15) is 0 Å². The van der Waals surface area contributed by atoms with Gasteiger partial charge in [0.25, 0.3) is 0 Å². The van der Waals surface area contributed by atoms with E-state index >= 15 is 0 Å². The summed E-state index contributed by atoms with van der Waals surface area (Å²) in [5, 5.41) is 3.15. The lowest BCUT2D eigenvalue weighted by Gasteiger charge is -2.55. The van der Waals surface area contributed by atoms with E-state index in [0.29, 0.717) is 5.91 Å². The molecule has 4 aliphatic rings. The summed E-state index contributed by atoms with van der Waals surface area (Å²) in [6.45, 7) is 2.75. The number of carbonyl (C=O) groups is 1. The molecule has 0 aromatic rings. The SMILES string of the molecule is CC(N)CCNC(=O)C12CC3CC(CC(C3)C1)C2.Cl. The number of nitrogens with two attached hydrogens (primary N) is 1. The van der Waals surface area contributed by atoms with E-state index in [1.54, 1.807) is 0 Å². The van der Waals surface area contributed by atoms with Crippen molar-refractivity contribution in [2.45, 2.75) is 57.9 Å². The van der Waals surface area contributed by atoms with E-state index in [1.807, 2.05) is 6.92 Å². The Morgan fingerprint density at radius 1 is 1.21 bits per heavy atom. The first-order valence-electron chi connectivity index (χ1n) is 7.61. The van der Waals surface area contributed by atoms with Crippen molar-refractivity contribution in [2.75, 3.05) is 6.54 Å². The predicted octanol–water partition coefficient (Wildman–Crippen LogP) is 2.48. The molecule has 0 aromatic heterocycles. The van der Waals surface area contributed by atoms with Crippen LogP contribution in [0.4, 0.5) is 0 Å². The molecule has 4 heteroatoms. The van der Waals surface area contributed by atoms with Gasteiger partial charge in [-0.25, -0.2) is 0 Å². The Hall–Kier alpha value is -0.280. The molecular formula is C15H27ClN2O. The lowest BCUT2D eigenvalue weighted by atomic mass is 9.49. The molecule has 0 spiro atoms. The molecule has 1 amide bonds. The predicted molar refractivity (Wildman–Crippen MR) is 79.1 cm³/mol. The third kappa shape index (κ3) is 2.92. The van der Waals surface area contributed by atoms with Gasteiger partial charge in [-0.3, -0.25) is 4.79 Å². The molecule has 3 nitrogen and oxygen atoms in total. The van der Waals surface area contributed by atoms with Crippen molar-refractivity contribution in [3.8, 4) is 0 Å². The van der Waals surface area contributed by atoms with Crippen LogP contribution in [0.5, 0.6) is 0 Å². The second-order valence-electron chi connectivity index (χ2n) is 7.22. The minimum absolute atomic E-state index is 0. The first kappa shape index (κ1) is 15.1. The van der Waals surface area contributed by atoms with Crippen molar-refractivity contribution >= 4 is 18.3 Å². The third-order valence-electron chi connectivity index (χ3n) is 5.41. The van der Waals surface area contributed by atoms with Crippen molar-refractivity contribution in [1.82, 2.24) is 5.32 Å². The van der Waals surface area contributed by atoms with E-state index in [4.69, 9.17) is 5.73 Å². The molecule has 4 rings (SSSR count). The normalized spacial score (nSPS) is 40.6. The largest absolute Gasteiger partial charge is 0.356 e. The fourth-order valence-corrected chi connectivity index (χ4v) is 4.99. The monoisotopic (exact) mass is 286 g/mol. The van der Waals surface area contributed by atoms with E-state index in [1.165, 1.54) is 19.3 Å². The molecule has 0 heterocycles. The van der Waals surface area contributed by atoms with E-state index < -0.39 is 0 Å². The van der Waals surface area contributed by atoms with Gasteiger partial charge >= 0.3 is 0 Å². The van der Waals surface area contributed by atoms with Crippen LogP contribution in [0.15, 0.2) is 0 Å². The highest BCUT2D eigenvalue weighted by Crippen LogP contribution is 2.60. The molecule has 0 saturated heterocycles. The van der Waals surface area contributed by atoms with Crippen LogP contribution in [0, 0.1) is 23.2 Å². The van der Waals surface area contributed by atoms with Gasteiger partial charge in [-0.15, -0.1) is 12.4 Å². The molecule has 3 N–H and O–H groups in total. The number of carbonyl (C=O) groups excluding carboxylic acids is 1. The van der Waals surface area contributed by atoms with Crippen molar-refractivity contribution < 1.29 is 4.79 Å². The van der Waals surface area contributed by atoms with Gasteiger partial charge in [0.2, 0.25) is 5.91 Å². The van der Waals surface area contributed by atoms with Crippen molar-refractivity contribution in [1.29, 1.82) is 0 Å². The molecule has 4 saturated carbocycles. The van der Waals surface area contributed by atoms with Gasteiger partial charge in [-0.2, -0.15) is 0 Å². The number of hydrogen-bond acceptors (Lipinski definition) is 2. The van der Waals surface area contributed by atoms with Crippen molar-refractivity contribution in [3.63, 3.8) is 0 Å². The third-order valence-corrected chi connectivity index (χ3v) is 5.41. The standard InChI is InChI=1S/C15H26N2O.ClH/c1-10(16)2-3-17-14(18)15-7-11-4-12(8-15)6-13(5-11)9-15;/h10-13H,2-9,16H2,1H3,(H,17,18);1H. The highest BCUT2D eigenvalue weighted by atomic mass is 35.5. The molecule has 110 valence electrons. The Morgan fingerprint density at radius 3 is 2.11 bits per heavy atom. The zero-order valence-corrected chi connectivity index (χ0v) is 12.7. The van der Waals surface area contributed by atoms with E-state index in [2.05, 4.69) is 5.32 Å². The second kappa shape index (κ2) is 5.61. The number of rotatable bonds is 4. The topological polar surface area (TPSA) is 55.1 Å². The molecule has 19 heavy (non-hydrogen) atoms. The summed E-state index contributed by atoms with van der Waals surface area (Å²) < 4.78 is 0. The molecule has 0 radical (unpaired) electrons. The molecular weight excluding hydrogens is 260 g/mol. The molecule has 0 aliphatic heterocycles. The van der Waals surface area contributed by atoms with Gasteiger partial charge < -0.3 is 11.1 Å². The Bertz CT molecular complexity index is 308. The van der Waals surface area contributed by atoms with Crippen LogP contribution in [-0.2, 0) is 4.79 Å². The Kier molecular flexibility index (Phi) is 4.46. The Labute approximate surface area is 122 Å². The lowest BCUT2D eigenvalue weighted by Crippen LogP contribution is -2.53. The first-order chi connectivity index (χ1) is 8.57. The van der Waals surface area contributed by atoms with Crippen LogP contribution in [-0.4, -0.2) is 18.5 Å². The van der Waals surface area contributed by atoms with Crippen LogP contribution < -0.4 is 11.1 Å². The summed E-state index contributed by atoms with van der Waals surface area (Å²) in [4.78, 5) is 12.5. The fraction of sp³-hybridized carbons (Fsp3) is 0.933. The van der Waals surface area contributed by atoms with Crippen LogP contribution in [0.25, 0.3) is 0 Å². The van der Waals surface area contributed by atoms with E-state index in [0.717, 1.165) is 50.0 Å². The summed E-state index contributed by atoms with van der Waals surface area (Å²) in [6.07, 6.45) is 8.54.